The van der Waals surface area contributed by atoms with Crippen molar-refractivity contribution in [1.29, 1.82) is 0 Å². The number of thiazole rings is 1. The van der Waals surface area contributed by atoms with Crippen LogP contribution in [-0.2, 0) is 12.8 Å². The molecule has 4 rings (SSSR count). The lowest BCUT2D eigenvalue weighted by molar-refractivity contribution is 0.102. The highest BCUT2D eigenvalue weighted by Gasteiger charge is 2.19. The number of benzene rings is 1. The molecule has 6 nitrogen and oxygen atoms in total. The molecule has 3 aromatic heterocycles. The smallest absolute Gasteiger partial charge is 0.260 e. The van der Waals surface area contributed by atoms with E-state index < -0.39 is 11.6 Å². The maximum absolute atomic E-state index is 13.4. The first-order valence-corrected chi connectivity index (χ1v) is 10.0. The van der Waals surface area contributed by atoms with E-state index in [0.29, 0.717) is 34.9 Å². The standard InChI is InChI=1S/C21H17F2N5OS/c1-2-18-15(12-26-28(18)19-5-3-4-8-24-19)20(29)27-21-25-11-14(30-21)9-13-6-7-16(22)17(23)10-13/h3-8,10-12H,2,9H2,1H3,(H,25,27,29). The Morgan fingerprint density at radius 1 is 1.13 bits per heavy atom. The molecular formula is C21H17F2N5OS. The lowest BCUT2D eigenvalue weighted by Gasteiger charge is -2.06. The molecule has 9 heteroatoms. The third-order valence-electron chi connectivity index (χ3n) is 4.45. The Morgan fingerprint density at radius 2 is 2.00 bits per heavy atom. The van der Waals surface area contributed by atoms with Crippen LogP contribution in [0.2, 0.25) is 0 Å². The summed E-state index contributed by atoms with van der Waals surface area (Å²) in [5.74, 6) is -1.45. The molecule has 4 aromatic rings. The fraction of sp³-hybridized carbons (Fsp3) is 0.143. The molecule has 0 spiro atoms. The summed E-state index contributed by atoms with van der Waals surface area (Å²) in [6.07, 6.45) is 5.78. The van der Waals surface area contributed by atoms with Gasteiger partial charge in [-0.05, 0) is 36.2 Å². The van der Waals surface area contributed by atoms with Crippen LogP contribution in [-0.4, -0.2) is 25.7 Å². The van der Waals surface area contributed by atoms with Gasteiger partial charge >= 0.3 is 0 Å². The van der Waals surface area contributed by atoms with Crippen molar-refractivity contribution in [3.63, 3.8) is 0 Å². The van der Waals surface area contributed by atoms with Gasteiger partial charge in [0.1, 0.15) is 0 Å². The Bertz CT molecular complexity index is 1190. The number of carbonyl (C=O) groups excluding carboxylic acids is 1. The van der Waals surface area contributed by atoms with Crippen LogP contribution in [0, 0.1) is 11.6 Å². The Morgan fingerprint density at radius 3 is 2.73 bits per heavy atom. The van der Waals surface area contributed by atoms with E-state index in [-0.39, 0.29) is 5.91 Å². The van der Waals surface area contributed by atoms with Gasteiger partial charge in [-0.2, -0.15) is 5.10 Å². The number of carbonyl (C=O) groups is 1. The van der Waals surface area contributed by atoms with Crippen molar-refractivity contribution < 1.29 is 13.6 Å². The molecule has 0 aliphatic heterocycles. The minimum atomic E-state index is -0.887. The SMILES string of the molecule is CCc1c(C(=O)Nc2ncc(Cc3ccc(F)c(F)c3)s2)cnn1-c1ccccn1. The second-order valence-corrected chi connectivity index (χ2v) is 7.58. The predicted molar refractivity (Wildman–Crippen MR) is 110 cm³/mol. The molecule has 1 aromatic carbocycles. The highest BCUT2D eigenvalue weighted by Crippen LogP contribution is 2.23. The van der Waals surface area contributed by atoms with Gasteiger partial charge in [-0.15, -0.1) is 11.3 Å². The van der Waals surface area contributed by atoms with E-state index in [0.717, 1.165) is 22.7 Å². The summed E-state index contributed by atoms with van der Waals surface area (Å²) >= 11 is 1.28. The zero-order chi connectivity index (χ0) is 21.1. The Hall–Kier alpha value is -3.46. The van der Waals surface area contributed by atoms with Crippen LogP contribution in [0.5, 0.6) is 0 Å². The molecule has 3 heterocycles. The van der Waals surface area contributed by atoms with E-state index in [2.05, 4.69) is 20.4 Å². The molecule has 0 unspecified atom stereocenters. The first-order chi connectivity index (χ1) is 14.5. The Kier molecular flexibility index (Phi) is 5.62. The summed E-state index contributed by atoms with van der Waals surface area (Å²) < 4.78 is 28.1. The van der Waals surface area contributed by atoms with Gasteiger partial charge in [-0.1, -0.05) is 19.1 Å². The largest absolute Gasteiger partial charge is 0.298 e. The molecule has 0 atom stereocenters. The first-order valence-electron chi connectivity index (χ1n) is 9.23. The van der Waals surface area contributed by atoms with Gasteiger partial charge in [0.15, 0.2) is 22.6 Å². The quantitative estimate of drug-likeness (QED) is 0.497. The summed E-state index contributed by atoms with van der Waals surface area (Å²) in [5, 5.41) is 7.51. The van der Waals surface area contributed by atoms with E-state index in [1.54, 1.807) is 17.1 Å². The van der Waals surface area contributed by atoms with Crippen LogP contribution in [0.4, 0.5) is 13.9 Å². The molecule has 30 heavy (non-hydrogen) atoms. The highest BCUT2D eigenvalue weighted by atomic mass is 32.1. The lowest BCUT2D eigenvalue weighted by atomic mass is 10.1. The third kappa shape index (κ3) is 4.11. The van der Waals surface area contributed by atoms with Gasteiger partial charge in [-0.3, -0.25) is 10.1 Å². The van der Waals surface area contributed by atoms with Crippen molar-refractivity contribution in [2.45, 2.75) is 19.8 Å². The van der Waals surface area contributed by atoms with Crippen molar-refractivity contribution in [3.05, 3.63) is 88.3 Å². The Labute approximate surface area is 175 Å². The van der Waals surface area contributed by atoms with E-state index in [1.165, 1.54) is 23.6 Å². The normalized spacial score (nSPS) is 10.9. The molecule has 0 saturated heterocycles. The van der Waals surface area contributed by atoms with Crippen molar-refractivity contribution in [2.75, 3.05) is 5.32 Å². The van der Waals surface area contributed by atoms with Gasteiger partial charge in [0, 0.05) is 23.7 Å². The predicted octanol–water partition coefficient (Wildman–Crippen LogP) is 4.41. The number of hydrogen-bond donors (Lipinski definition) is 1. The van der Waals surface area contributed by atoms with Gasteiger partial charge in [0.05, 0.1) is 17.5 Å². The molecule has 0 aliphatic rings. The van der Waals surface area contributed by atoms with Crippen LogP contribution in [0.3, 0.4) is 0 Å². The number of rotatable bonds is 6. The number of anilines is 1. The fourth-order valence-corrected chi connectivity index (χ4v) is 3.88. The number of pyridine rings is 1. The van der Waals surface area contributed by atoms with Crippen LogP contribution >= 0.6 is 11.3 Å². The second kappa shape index (κ2) is 8.50. The molecule has 0 aliphatic carbocycles. The molecule has 152 valence electrons. The molecule has 0 fully saturated rings. The van der Waals surface area contributed by atoms with E-state index in [1.807, 2.05) is 25.1 Å². The van der Waals surface area contributed by atoms with E-state index in [4.69, 9.17) is 0 Å². The van der Waals surface area contributed by atoms with Crippen molar-refractivity contribution in [1.82, 2.24) is 19.7 Å². The van der Waals surface area contributed by atoms with Crippen molar-refractivity contribution in [3.8, 4) is 5.82 Å². The second-order valence-electron chi connectivity index (χ2n) is 6.47. The van der Waals surface area contributed by atoms with Gasteiger partial charge in [-0.25, -0.2) is 23.4 Å². The van der Waals surface area contributed by atoms with Crippen LogP contribution in [0.1, 0.15) is 33.4 Å². The van der Waals surface area contributed by atoms with Gasteiger partial charge in [0.2, 0.25) is 0 Å². The number of amides is 1. The van der Waals surface area contributed by atoms with Crippen LogP contribution < -0.4 is 5.32 Å². The highest BCUT2D eigenvalue weighted by molar-refractivity contribution is 7.15. The first kappa shape index (κ1) is 19.8. The number of nitrogens with zero attached hydrogens (tertiary/aromatic N) is 4. The molecule has 1 amide bonds. The average Bonchev–Trinajstić information content (AvgIpc) is 3.38. The maximum atomic E-state index is 13.4. The molecule has 0 radical (unpaired) electrons. The summed E-state index contributed by atoms with van der Waals surface area (Å²) in [6.45, 7) is 1.94. The zero-order valence-corrected chi connectivity index (χ0v) is 16.8. The monoisotopic (exact) mass is 425 g/mol. The fourth-order valence-electron chi connectivity index (χ4n) is 3.04. The summed E-state index contributed by atoms with van der Waals surface area (Å²) in [7, 11) is 0. The Balaban J connectivity index is 1.50. The minimum Gasteiger partial charge on any atom is -0.298 e. The number of halogens is 2. The van der Waals surface area contributed by atoms with E-state index >= 15 is 0 Å². The average molecular weight is 425 g/mol. The van der Waals surface area contributed by atoms with Crippen LogP contribution in [0.25, 0.3) is 5.82 Å². The summed E-state index contributed by atoms with van der Waals surface area (Å²) in [6, 6.07) is 9.27. The number of nitrogens with one attached hydrogen (secondary N) is 1. The van der Waals surface area contributed by atoms with Crippen LogP contribution in [0.15, 0.2) is 55.0 Å². The number of aromatic nitrogens is 4. The molecule has 0 saturated carbocycles. The zero-order valence-electron chi connectivity index (χ0n) is 16.0. The lowest BCUT2D eigenvalue weighted by Crippen LogP contribution is -2.14. The molecule has 0 bridgehead atoms. The summed E-state index contributed by atoms with van der Waals surface area (Å²) in [5.41, 5.74) is 1.81. The van der Waals surface area contributed by atoms with E-state index in [9.17, 15) is 13.6 Å². The topological polar surface area (TPSA) is 72.7 Å². The third-order valence-corrected chi connectivity index (χ3v) is 5.36. The number of hydrogen-bond acceptors (Lipinski definition) is 5. The molecule has 1 N–H and O–H groups in total. The maximum Gasteiger partial charge on any atom is 0.260 e. The van der Waals surface area contributed by atoms with Crippen molar-refractivity contribution in [2.24, 2.45) is 0 Å². The van der Waals surface area contributed by atoms with Gasteiger partial charge in [0.25, 0.3) is 5.91 Å². The molecular weight excluding hydrogens is 408 g/mol. The summed E-state index contributed by atoms with van der Waals surface area (Å²) in [4.78, 5) is 22.1. The minimum absolute atomic E-state index is 0.317. The van der Waals surface area contributed by atoms with Gasteiger partial charge < -0.3 is 0 Å². The van der Waals surface area contributed by atoms with Crippen molar-refractivity contribution >= 4 is 22.4 Å².